The van der Waals surface area contributed by atoms with Crippen LogP contribution >= 0.6 is 7.60 Å². The maximum atomic E-state index is 13.1. The van der Waals surface area contributed by atoms with E-state index in [1.165, 1.54) is 32.4 Å². The standard InChI is InChI=1S/C8H10FO3P/c1-11-13(10,12-2)8-6-4-3-5-7(8)9/h3-6H,1-2H3. The summed E-state index contributed by atoms with van der Waals surface area (Å²) in [4.78, 5) is 0. The van der Waals surface area contributed by atoms with Crippen LogP contribution in [0.3, 0.4) is 0 Å². The van der Waals surface area contributed by atoms with Crippen molar-refractivity contribution in [3.05, 3.63) is 30.1 Å². The highest BCUT2D eigenvalue weighted by atomic mass is 31.2. The largest absolute Gasteiger partial charge is 0.363 e. The molecule has 0 aromatic heterocycles. The Labute approximate surface area is 76.0 Å². The maximum absolute atomic E-state index is 13.1. The molecule has 0 bridgehead atoms. The zero-order chi connectivity index (χ0) is 9.90. The third kappa shape index (κ3) is 1.97. The summed E-state index contributed by atoms with van der Waals surface area (Å²) in [6.45, 7) is 0. The molecule has 0 saturated carbocycles. The van der Waals surface area contributed by atoms with Crippen molar-refractivity contribution >= 4 is 12.9 Å². The van der Waals surface area contributed by atoms with Gasteiger partial charge in [0.25, 0.3) is 0 Å². The number of halogens is 1. The second-order valence-electron chi connectivity index (χ2n) is 2.31. The van der Waals surface area contributed by atoms with Gasteiger partial charge < -0.3 is 9.05 Å². The van der Waals surface area contributed by atoms with Gasteiger partial charge in [0.1, 0.15) is 5.82 Å². The van der Waals surface area contributed by atoms with Crippen LogP contribution in [0.25, 0.3) is 0 Å². The SMILES string of the molecule is COP(=O)(OC)c1ccccc1F. The van der Waals surface area contributed by atoms with Crippen molar-refractivity contribution in [2.24, 2.45) is 0 Å². The summed E-state index contributed by atoms with van der Waals surface area (Å²) in [7, 11) is -1.01. The van der Waals surface area contributed by atoms with Gasteiger partial charge in [-0.05, 0) is 12.1 Å². The molecule has 0 radical (unpaired) electrons. The lowest BCUT2D eigenvalue weighted by Crippen LogP contribution is -2.11. The van der Waals surface area contributed by atoms with Gasteiger partial charge in [0.05, 0.1) is 5.30 Å². The summed E-state index contributed by atoms with van der Waals surface area (Å²) in [5, 5.41) is -0.0417. The van der Waals surface area contributed by atoms with E-state index in [0.29, 0.717) is 0 Å². The van der Waals surface area contributed by atoms with Crippen LogP contribution in [0.4, 0.5) is 4.39 Å². The van der Waals surface area contributed by atoms with E-state index in [1.807, 2.05) is 0 Å². The minimum Gasteiger partial charge on any atom is -0.308 e. The van der Waals surface area contributed by atoms with Crippen molar-refractivity contribution in [1.82, 2.24) is 0 Å². The fraction of sp³-hybridized carbons (Fsp3) is 0.250. The predicted molar refractivity (Wildman–Crippen MR) is 47.7 cm³/mol. The normalized spacial score (nSPS) is 11.6. The Kier molecular flexibility index (Phi) is 3.20. The molecule has 0 heterocycles. The highest BCUT2D eigenvalue weighted by Crippen LogP contribution is 2.45. The lowest BCUT2D eigenvalue weighted by atomic mass is 10.3. The molecule has 1 rings (SSSR count). The molecule has 0 amide bonds. The van der Waals surface area contributed by atoms with Gasteiger partial charge in [-0.3, -0.25) is 4.57 Å². The molecule has 0 unspecified atom stereocenters. The van der Waals surface area contributed by atoms with Crippen molar-refractivity contribution in [2.45, 2.75) is 0 Å². The summed E-state index contributed by atoms with van der Waals surface area (Å²) in [5.41, 5.74) is 0. The van der Waals surface area contributed by atoms with Gasteiger partial charge in [0, 0.05) is 14.2 Å². The quantitative estimate of drug-likeness (QED) is 0.706. The van der Waals surface area contributed by atoms with Crippen molar-refractivity contribution in [2.75, 3.05) is 14.2 Å². The molecule has 0 N–H and O–H groups in total. The average Bonchev–Trinajstić information content (AvgIpc) is 2.17. The highest BCUT2D eigenvalue weighted by molar-refractivity contribution is 7.62. The first-order chi connectivity index (χ1) is 6.14. The molecule has 1 aromatic carbocycles. The Morgan fingerprint density at radius 2 is 1.77 bits per heavy atom. The van der Waals surface area contributed by atoms with Gasteiger partial charge in [0.15, 0.2) is 0 Å². The Morgan fingerprint density at radius 3 is 2.23 bits per heavy atom. The van der Waals surface area contributed by atoms with E-state index in [1.54, 1.807) is 6.07 Å². The van der Waals surface area contributed by atoms with Crippen LogP contribution in [0.2, 0.25) is 0 Å². The fourth-order valence-corrected chi connectivity index (χ4v) is 2.09. The summed E-state index contributed by atoms with van der Waals surface area (Å²) < 4.78 is 34.1. The maximum Gasteiger partial charge on any atom is 0.363 e. The van der Waals surface area contributed by atoms with Crippen molar-refractivity contribution < 1.29 is 18.0 Å². The topological polar surface area (TPSA) is 35.5 Å². The van der Waals surface area contributed by atoms with E-state index >= 15 is 0 Å². The van der Waals surface area contributed by atoms with E-state index in [2.05, 4.69) is 9.05 Å². The van der Waals surface area contributed by atoms with Crippen LogP contribution in [0.15, 0.2) is 24.3 Å². The minimum atomic E-state index is -3.45. The minimum absolute atomic E-state index is 0.0417. The summed E-state index contributed by atoms with van der Waals surface area (Å²) in [5.74, 6) is -0.588. The molecule has 0 fully saturated rings. The third-order valence-corrected chi connectivity index (χ3v) is 3.54. The molecule has 5 heteroatoms. The Balaban J connectivity index is 3.20. The van der Waals surface area contributed by atoms with Crippen LogP contribution in [0.1, 0.15) is 0 Å². The van der Waals surface area contributed by atoms with Gasteiger partial charge in [-0.15, -0.1) is 0 Å². The van der Waals surface area contributed by atoms with Gasteiger partial charge >= 0.3 is 7.60 Å². The summed E-state index contributed by atoms with van der Waals surface area (Å²) >= 11 is 0. The van der Waals surface area contributed by atoms with Gasteiger partial charge in [0.2, 0.25) is 0 Å². The number of benzene rings is 1. The van der Waals surface area contributed by atoms with E-state index in [0.717, 1.165) is 0 Å². The van der Waals surface area contributed by atoms with Gasteiger partial charge in [-0.25, -0.2) is 4.39 Å². The first kappa shape index (κ1) is 10.4. The number of rotatable bonds is 3. The van der Waals surface area contributed by atoms with Gasteiger partial charge in [-0.1, -0.05) is 12.1 Å². The van der Waals surface area contributed by atoms with Crippen LogP contribution in [0.5, 0.6) is 0 Å². The molecule has 0 atom stereocenters. The Bertz CT molecular complexity index is 332. The van der Waals surface area contributed by atoms with E-state index in [-0.39, 0.29) is 5.30 Å². The smallest absolute Gasteiger partial charge is 0.308 e. The molecule has 0 saturated heterocycles. The highest BCUT2D eigenvalue weighted by Gasteiger charge is 2.27. The van der Waals surface area contributed by atoms with E-state index in [4.69, 9.17) is 0 Å². The lowest BCUT2D eigenvalue weighted by molar-refractivity contribution is 0.286. The van der Waals surface area contributed by atoms with Crippen LogP contribution in [0, 0.1) is 5.82 Å². The molecule has 0 spiro atoms. The lowest BCUT2D eigenvalue weighted by Gasteiger charge is -2.13. The van der Waals surface area contributed by atoms with E-state index < -0.39 is 13.4 Å². The van der Waals surface area contributed by atoms with Crippen molar-refractivity contribution in [1.29, 1.82) is 0 Å². The fourth-order valence-electron chi connectivity index (χ4n) is 0.945. The number of hydrogen-bond acceptors (Lipinski definition) is 3. The molecule has 0 aliphatic heterocycles. The molecule has 72 valence electrons. The molecule has 0 aliphatic carbocycles. The zero-order valence-corrected chi connectivity index (χ0v) is 8.25. The Hall–Kier alpha value is -0.700. The first-order valence-corrected chi connectivity index (χ1v) is 5.15. The van der Waals surface area contributed by atoms with Crippen LogP contribution in [-0.4, -0.2) is 14.2 Å². The van der Waals surface area contributed by atoms with Crippen molar-refractivity contribution in [3.8, 4) is 0 Å². The molecule has 13 heavy (non-hydrogen) atoms. The third-order valence-electron chi connectivity index (χ3n) is 1.63. The Morgan fingerprint density at radius 1 is 1.23 bits per heavy atom. The van der Waals surface area contributed by atoms with Gasteiger partial charge in [-0.2, -0.15) is 0 Å². The molecular formula is C8H10FO3P. The summed E-state index contributed by atoms with van der Waals surface area (Å²) in [6, 6.07) is 5.67. The monoisotopic (exact) mass is 204 g/mol. The second-order valence-corrected chi connectivity index (χ2v) is 4.52. The van der Waals surface area contributed by atoms with E-state index in [9.17, 15) is 8.96 Å². The molecule has 3 nitrogen and oxygen atoms in total. The molecule has 1 aromatic rings. The molecule has 0 aliphatic rings. The predicted octanol–water partition coefficient (Wildman–Crippen LogP) is 1.94. The average molecular weight is 204 g/mol. The second kappa shape index (κ2) is 4.01. The number of hydrogen-bond donors (Lipinski definition) is 0. The summed E-state index contributed by atoms with van der Waals surface area (Å²) in [6.07, 6.45) is 0. The molecular weight excluding hydrogens is 194 g/mol. The van der Waals surface area contributed by atoms with Crippen LogP contribution in [-0.2, 0) is 13.6 Å². The van der Waals surface area contributed by atoms with Crippen molar-refractivity contribution in [3.63, 3.8) is 0 Å². The van der Waals surface area contributed by atoms with Crippen LogP contribution < -0.4 is 5.30 Å². The zero-order valence-electron chi connectivity index (χ0n) is 7.36. The first-order valence-electron chi connectivity index (χ1n) is 3.60.